The van der Waals surface area contributed by atoms with Crippen LogP contribution in [0.4, 0.5) is 5.69 Å². The van der Waals surface area contributed by atoms with E-state index in [1.807, 2.05) is 0 Å². The van der Waals surface area contributed by atoms with E-state index in [-0.39, 0.29) is 0 Å². The quantitative estimate of drug-likeness (QED) is 0.844. The highest BCUT2D eigenvalue weighted by molar-refractivity contribution is 9.10. The molecule has 3 rings (SSSR count). The zero-order valence-corrected chi connectivity index (χ0v) is 14.8. The first-order valence-electron chi connectivity index (χ1n) is 8.41. The van der Waals surface area contributed by atoms with E-state index in [1.165, 1.54) is 47.8 Å². The van der Waals surface area contributed by atoms with Crippen molar-refractivity contribution >= 4 is 21.6 Å². The van der Waals surface area contributed by atoms with Crippen LogP contribution in [0.25, 0.3) is 0 Å². The lowest BCUT2D eigenvalue weighted by molar-refractivity contribution is 0.245. The lowest BCUT2D eigenvalue weighted by Crippen LogP contribution is -2.58. The van der Waals surface area contributed by atoms with Crippen molar-refractivity contribution < 1.29 is 0 Å². The summed E-state index contributed by atoms with van der Waals surface area (Å²) < 4.78 is 1.18. The molecule has 2 fully saturated rings. The van der Waals surface area contributed by atoms with Crippen LogP contribution in [-0.4, -0.2) is 25.2 Å². The van der Waals surface area contributed by atoms with Crippen molar-refractivity contribution in [1.29, 1.82) is 0 Å². The third-order valence-electron chi connectivity index (χ3n) is 5.30. The molecule has 2 unspecified atom stereocenters. The van der Waals surface area contributed by atoms with E-state index in [1.54, 1.807) is 0 Å². The van der Waals surface area contributed by atoms with Gasteiger partial charge in [-0.25, -0.2) is 0 Å². The SMILES string of the molecule is Cc1ccc(Br)cc1N1CC(C2CCCCC2)NCC1C. The predicted octanol–water partition coefficient (Wildman–Crippen LogP) is 4.50. The van der Waals surface area contributed by atoms with Gasteiger partial charge in [-0.15, -0.1) is 0 Å². The maximum Gasteiger partial charge on any atom is 0.0410 e. The van der Waals surface area contributed by atoms with Gasteiger partial charge in [0.15, 0.2) is 0 Å². The Kier molecular flexibility index (Phi) is 4.90. The molecule has 0 amide bonds. The molecule has 1 aliphatic carbocycles. The number of hydrogen-bond acceptors (Lipinski definition) is 2. The monoisotopic (exact) mass is 350 g/mol. The predicted molar refractivity (Wildman–Crippen MR) is 94.1 cm³/mol. The third-order valence-corrected chi connectivity index (χ3v) is 5.79. The summed E-state index contributed by atoms with van der Waals surface area (Å²) in [5.74, 6) is 0.876. The number of nitrogens with zero attached hydrogens (tertiary/aromatic N) is 1. The Balaban J connectivity index is 1.78. The van der Waals surface area contributed by atoms with Crippen molar-refractivity contribution in [3.63, 3.8) is 0 Å². The van der Waals surface area contributed by atoms with Crippen LogP contribution < -0.4 is 10.2 Å². The second kappa shape index (κ2) is 6.70. The highest BCUT2D eigenvalue weighted by atomic mass is 79.9. The number of piperazine rings is 1. The van der Waals surface area contributed by atoms with Gasteiger partial charge in [0.25, 0.3) is 0 Å². The largest absolute Gasteiger partial charge is 0.366 e. The fourth-order valence-corrected chi connectivity index (χ4v) is 4.32. The van der Waals surface area contributed by atoms with E-state index in [4.69, 9.17) is 0 Å². The Morgan fingerprint density at radius 2 is 1.95 bits per heavy atom. The summed E-state index contributed by atoms with van der Waals surface area (Å²) in [5, 5.41) is 3.82. The van der Waals surface area contributed by atoms with Gasteiger partial charge in [-0.2, -0.15) is 0 Å². The van der Waals surface area contributed by atoms with Crippen LogP contribution in [0.15, 0.2) is 22.7 Å². The van der Waals surface area contributed by atoms with E-state index in [2.05, 4.69) is 58.2 Å². The number of halogens is 1. The zero-order valence-electron chi connectivity index (χ0n) is 13.2. The maximum absolute atomic E-state index is 3.82. The first-order valence-corrected chi connectivity index (χ1v) is 9.20. The number of rotatable bonds is 2. The number of aryl methyl sites for hydroxylation is 1. The van der Waals surface area contributed by atoms with Crippen LogP contribution in [0.5, 0.6) is 0 Å². The summed E-state index contributed by atoms with van der Waals surface area (Å²) in [6.45, 7) is 6.83. The normalized spacial score (nSPS) is 27.9. The third kappa shape index (κ3) is 3.45. The summed E-state index contributed by atoms with van der Waals surface area (Å²) >= 11 is 3.63. The van der Waals surface area contributed by atoms with Crippen LogP contribution in [-0.2, 0) is 0 Å². The lowest BCUT2D eigenvalue weighted by atomic mass is 9.82. The Hall–Kier alpha value is -0.540. The fourth-order valence-electron chi connectivity index (χ4n) is 3.97. The van der Waals surface area contributed by atoms with Crippen LogP contribution in [0.3, 0.4) is 0 Å². The van der Waals surface area contributed by atoms with Crippen LogP contribution >= 0.6 is 15.9 Å². The molecule has 116 valence electrons. The van der Waals surface area contributed by atoms with Gasteiger partial charge in [-0.3, -0.25) is 0 Å². The molecular formula is C18H27BrN2. The maximum atomic E-state index is 3.82. The van der Waals surface area contributed by atoms with E-state index in [0.717, 1.165) is 19.0 Å². The first kappa shape index (κ1) is 15.4. The van der Waals surface area contributed by atoms with Gasteiger partial charge in [0, 0.05) is 35.3 Å². The molecule has 3 heteroatoms. The minimum absolute atomic E-state index is 0.567. The molecule has 2 aliphatic rings. The molecule has 0 radical (unpaired) electrons. The second-order valence-corrected chi connectivity index (χ2v) is 7.76. The Morgan fingerprint density at radius 3 is 2.71 bits per heavy atom. The standard InChI is InChI=1S/C18H27BrN2/c1-13-8-9-16(19)10-18(13)21-12-17(20-11-14(21)2)15-6-4-3-5-7-15/h8-10,14-15,17,20H,3-7,11-12H2,1-2H3. The topological polar surface area (TPSA) is 15.3 Å². The minimum Gasteiger partial charge on any atom is -0.366 e. The van der Waals surface area contributed by atoms with E-state index in [0.29, 0.717) is 12.1 Å². The van der Waals surface area contributed by atoms with E-state index in [9.17, 15) is 0 Å². The number of nitrogens with one attached hydrogen (secondary N) is 1. The molecule has 21 heavy (non-hydrogen) atoms. The number of hydrogen-bond donors (Lipinski definition) is 1. The summed E-state index contributed by atoms with van der Waals surface area (Å²) in [5.41, 5.74) is 2.79. The van der Waals surface area contributed by atoms with E-state index < -0.39 is 0 Å². The van der Waals surface area contributed by atoms with Crippen molar-refractivity contribution in [2.24, 2.45) is 5.92 Å². The highest BCUT2D eigenvalue weighted by Gasteiger charge is 2.31. The summed E-state index contributed by atoms with van der Waals surface area (Å²) in [6, 6.07) is 7.89. The molecule has 1 saturated carbocycles. The molecule has 1 N–H and O–H groups in total. The molecule has 1 aliphatic heterocycles. The van der Waals surface area contributed by atoms with Crippen molar-refractivity contribution in [1.82, 2.24) is 5.32 Å². The summed E-state index contributed by atoms with van der Waals surface area (Å²) in [4.78, 5) is 2.62. The van der Waals surface area contributed by atoms with Crippen molar-refractivity contribution in [2.75, 3.05) is 18.0 Å². The lowest BCUT2D eigenvalue weighted by Gasteiger charge is -2.44. The molecule has 0 aromatic heterocycles. The zero-order chi connectivity index (χ0) is 14.8. The van der Waals surface area contributed by atoms with Gasteiger partial charge in [0.1, 0.15) is 0 Å². The number of benzene rings is 1. The van der Waals surface area contributed by atoms with Gasteiger partial charge >= 0.3 is 0 Å². The number of anilines is 1. The molecule has 2 atom stereocenters. The average Bonchev–Trinajstić information content (AvgIpc) is 2.51. The Bertz CT molecular complexity index is 482. The summed E-state index contributed by atoms with van der Waals surface area (Å²) in [6.07, 6.45) is 7.12. The van der Waals surface area contributed by atoms with Crippen LogP contribution in [0.2, 0.25) is 0 Å². The molecule has 1 heterocycles. The summed E-state index contributed by atoms with van der Waals surface area (Å²) in [7, 11) is 0. The molecule has 1 aromatic rings. The fraction of sp³-hybridized carbons (Fsp3) is 0.667. The molecule has 0 bridgehead atoms. The Labute approximate surface area is 137 Å². The van der Waals surface area contributed by atoms with Crippen LogP contribution in [0.1, 0.15) is 44.6 Å². The van der Waals surface area contributed by atoms with Crippen molar-refractivity contribution in [3.8, 4) is 0 Å². The molecule has 1 saturated heterocycles. The smallest absolute Gasteiger partial charge is 0.0410 e. The molecular weight excluding hydrogens is 324 g/mol. The molecule has 2 nitrogen and oxygen atoms in total. The van der Waals surface area contributed by atoms with Gasteiger partial charge in [-0.1, -0.05) is 41.3 Å². The first-order chi connectivity index (χ1) is 10.1. The molecule has 1 aromatic carbocycles. The van der Waals surface area contributed by atoms with Crippen molar-refractivity contribution in [3.05, 3.63) is 28.2 Å². The van der Waals surface area contributed by atoms with Gasteiger partial charge < -0.3 is 10.2 Å². The van der Waals surface area contributed by atoms with Crippen molar-refractivity contribution in [2.45, 2.75) is 58.0 Å². The Morgan fingerprint density at radius 1 is 1.19 bits per heavy atom. The van der Waals surface area contributed by atoms with E-state index >= 15 is 0 Å². The minimum atomic E-state index is 0.567. The average molecular weight is 351 g/mol. The second-order valence-electron chi connectivity index (χ2n) is 6.85. The van der Waals surface area contributed by atoms with Gasteiger partial charge in [0.2, 0.25) is 0 Å². The van der Waals surface area contributed by atoms with Gasteiger partial charge in [-0.05, 0) is 50.3 Å². The molecule has 0 spiro atoms. The van der Waals surface area contributed by atoms with Crippen LogP contribution in [0, 0.1) is 12.8 Å². The van der Waals surface area contributed by atoms with Gasteiger partial charge in [0.05, 0.1) is 0 Å². The highest BCUT2D eigenvalue weighted by Crippen LogP contribution is 2.32.